The lowest BCUT2D eigenvalue weighted by Crippen LogP contribution is -1.83. The molecule has 0 atom stereocenters. The molecule has 0 bridgehead atoms. The maximum atomic E-state index is 9.42. The Balaban J connectivity index is 1.99. The lowest BCUT2D eigenvalue weighted by molar-refractivity contribution is 0.572. The minimum absolute atomic E-state index is 0.395. The van der Waals surface area contributed by atoms with E-state index in [0.29, 0.717) is 39.3 Å². The number of benzene rings is 2. The van der Waals surface area contributed by atoms with E-state index >= 15 is 0 Å². The number of hydrogen-bond donors (Lipinski definition) is 0. The molecule has 0 spiro atoms. The van der Waals surface area contributed by atoms with Crippen LogP contribution in [0.2, 0.25) is 0 Å². The number of allylic oxidation sites excluding steroid dienone is 1. The number of nitrogens with zero attached hydrogens (tertiary/aromatic N) is 3. The molecule has 2 aromatic carbocycles. The van der Waals surface area contributed by atoms with Crippen LogP contribution in [-0.4, -0.2) is 0 Å². The Kier molecular flexibility index (Phi) is 4.43. The lowest BCUT2D eigenvalue weighted by Gasteiger charge is -2.00. The Hall–Kier alpha value is -4.07. The molecule has 0 aliphatic rings. The van der Waals surface area contributed by atoms with Gasteiger partial charge in [-0.1, -0.05) is 24.3 Å². The monoisotopic (exact) mass is 321 g/mol. The van der Waals surface area contributed by atoms with Crippen LogP contribution in [0.5, 0.6) is 0 Å². The van der Waals surface area contributed by atoms with Gasteiger partial charge < -0.3 is 4.42 Å². The van der Waals surface area contributed by atoms with Crippen LogP contribution < -0.4 is 0 Å². The molecule has 116 valence electrons. The molecular formula is C21H11N3O. The highest BCUT2D eigenvalue weighted by Crippen LogP contribution is 2.27. The Morgan fingerprint density at radius 3 is 2.48 bits per heavy atom. The summed E-state index contributed by atoms with van der Waals surface area (Å²) in [6.45, 7) is 0. The third kappa shape index (κ3) is 3.32. The predicted molar refractivity (Wildman–Crippen MR) is 93.5 cm³/mol. The first kappa shape index (κ1) is 15.8. The Morgan fingerprint density at radius 2 is 1.72 bits per heavy atom. The van der Waals surface area contributed by atoms with Crippen molar-refractivity contribution in [1.29, 1.82) is 15.8 Å². The average Bonchev–Trinajstić information content (AvgIpc) is 3.14. The second kappa shape index (κ2) is 7.01. The van der Waals surface area contributed by atoms with E-state index in [4.69, 9.17) is 9.68 Å². The van der Waals surface area contributed by atoms with Gasteiger partial charge in [0.15, 0.2) is 0 Å². The molecule has 0 saturated carbocycles. The molecule has 0 radical (unpaired) electrons. The summed E-state index contributed by atoms with van der Waals surface area (Å²) in [7, 11) is 0. The molecule has 0 amide bonds. The minimum atomic E-state index is 0.395. The summed E-state index contributed by atoms with van der Waals surface area (Å²) in [6, 6.07) is 23.8. The molecule has 0 aliphatic heterocycles. The van der Waals surface area contributed by atoms with Gasteiger partial charge in [-0.15, -0.1) is 0 Å². The van der Waals surface area contributed by atoms with E-state index in [0.717, 1.165) is 0 Å². The van der Waals surface area contributed by atoms with Crippen LogP contribution in [-0.2, 0) is 0 Å². The second-order valence-corrected chi connectivity index (χ2v) is 5.22. The van der Waals surface area contributed by atoms with Crippen molar-refractivity contribution < 1.29 is 4.42 Å². The number of hydrogen-bond acceptors (Lipinski definition) is 4. The molecule has 0 fully saturated rings. The van der Waals surface area contributed by atoms with Gasteiger partial charge >= 0.3 is 0 Å². The highest BCUT2D eigenvalue weighted by molar-refractivity contribution is 5.89. The van der Waals surface area contributed by atoms with Crippen LogP contribution in [0.25, 0.3) is 23.0 Å². The van der Waals surface area contributed by atoms with Crippen LogP contribution in [0.4, 0.5) is 0 Å². The van der Waals surface area contributed by atoms with E-state index in [-0.39, 0.29) is 0 Å². The molecular weight excluding hydrogens is 310 g/mol. The van der Waals surface area contributed by atoms with Gasteiger partial charge in [-0.05, 0) is 48.0 Å². The normalized spacial score (nSPS) is 10.5. The summed E-state index contributed by atoms with van der Waals surface area (Å²) >= 11 is 0. The van der Waals surface area contributed by atoms with Crippen molar-refractivity contribution in [3.05, 3.63) is 83.1 Å². The summed E-state index contributed by atoms with van der Waals surface area (Å²) in [5.41, 5.74) is 2.76. The highest BCUT2D eigenvalue weighted by Gasteiger charge is 2.09. The van der Waals surface area contributed by atoms with Gasteiger partial charge in [0.05, 0.1) is 34.9 Å². The summed E-state index contributed by atoms with van der Waals surface area (Å²) in [4.78, 5) is 0. The lowest BCUT2D eigenvalue weighted by atomic mass is 10.0. The average molecular weight is 321 g/mol. The Bertz CT molecular complexity index is 1090. The van der Waals surface area contributed by atoms with Crippen molar-refractivity contribution in [3.63, 3.8) is 0 Å². The molecule has 3 aromatic rings. The fraction of sp³-hybridized carbons (Fsp3) is 0. The van der Waals surface area contributed by atoms with E-state index in [2.05, 4.69) is 18.2 Å². The van der Waals surface area contributed by atoms with Crippen LogP contribution in [0.3, 0.4) is 0 Å². The first-order chi connectivity index (χ1) is 12.2. The zero-order chi connectivity index (χ0) is 17.6. The van der Waals surface area contributed by atoms with Gasteiger partial charge in [-0.3, -0.25) is 0 Å². The smallest absolute Gasteiger partial charge is 0.136 e. The SMILES string of the molecule is N#CC(=Cc1ccc(-c2ccccc2C#N)o1)c1cccc(C#N)c1. The van der Waals surface area contributed by atoms with E-state index in [9.17, 15) is 10.5 Å². The topological polar surface area (TPSA) is 84.5 Å². The minimum Gasteiger partial charge on any atom is -0.457 e. The van der Waals surface area contributed by atoms with Crippen molar-refractivity contribution in [2.75, 3.05) is 0 Å². The molecule has 0 N–H and O–H groups in total. The third-order valence-corrected chi connectivity index (χ3v) is 3.65. The van der Waals surface area contributed by atoms with Crippen LogP contribution >= 0.6 is 0 Å². The van der Waals surface area contributed by atoms with E-state index in [1.54, 1.807) is 54.6 Å². The van der Waals surface area contributed by atoms with E-state index in [1.807, 2.05) is 12.1 Å². The van der Waals surface area contributed by atoms with Gasteiger partial charge in [0.2, 0.25) is 0 Å². The summed E-state index contributed by atoms with van der Waals surface area (Å²) in [5, 5.41) is 27.6. The molecule has 1 heterocycles. The van der Waals surface area contributed by atoms with E-state index in [1.165, 1.54) is 0 Å². The van der Waals surface area contributed by atoms with Gasteiger partial charge in [0.1, 0.15) is 11.5 Å². The molecule has 25 heavy (non-hydrogen) atoms. The second-order valence-electron chi connectivity index (χ2n) is 5.22. The van der Waals surface area contributed by atoms with Gasteiger partial charge in [-0.2, -0.15) is 15.8 Å². The van der Waals surface area contributed by atoms with Gasteiger partial charge in [0, 0.05) is 5.56 Å². The molecule has 4 heteroatoms. The van der Waals surface area contributed by atoms with Crippen LogP contribution in [0.1, 0.15) is 22.5 Å². The summed E-state index contributed by atoms with van der Waals surface area (Å²) in [6.07, 6.45) is 1.62. The Morgan fingerprint density at radius 1 is 0.880 bits per heavy atom. The van der Waals surface area contributed by atoms with E-state index < -0.39 is 0 Å². The number of nitriles is 3. The Labute approximate surface area is 145 Å². The fourth-order valence-electron chi connectivity index (χ4n) is 2.45. The zero-order valence-corrected chi connectivity index (χ0v) is 13.1. The summed E-state index contributed by atoms with van der Waals surface area (Å²) in [5.74, 6) is 1.06. The highest BCUT2D eigenvalue weighted by atomic mass is 16.3. The maximum Gasteiger partial charge on any atom is 0.136 e. The number of furan rings is 1. The molecule has 3 rings (SSSR count). The molecule has 0 aliphatic carbocycles. The molecule has 4 nitrogen and oxygen atoms in total. The van der Waals surface area contributed by atoms with Crippen molar-refractivity contribution in [2.24, 2.45) is 0 Å². The van der Waals surface area contributed by atoms with Crippen molar-refractivity contribution in [2.45, 2.75) is 0 Å². The van der Waals surface area contributed by atoms with Crippen molar-refractivity contribution in [3.8, 4) is 29.5 Å². The van der Waals surface area contributed by atoms with Gasteiger partial charge in [-0.25, -0.2) is 0 Å². The first-order valence-electron chi connectivity index (χ1n) is 7.47. The molecule has 1 aromatic heterocycles. The van der Waals surface area contributed by atoms with Crippen LogP contribution in [0.15, 0.2) is 65.1 Å². The van der Waals surface area contributed by atoms with Crippen molar-refractivity contribution >= 4 is 11.6 Å². The number of rotatable bonds is 3. The van der Waals surface area contributed by atoms with Crippen LogP contribution in [0, 0.1) is 34.0 Å². The third-order valence-electron chi connectivity index (χ3n) is 3.65. The molecule has 0 saturated heterocycles. The van der Waals surface area contributed by atoms with Crippen molar-refractivity contribution in [1.82, 2.24) is 0 Å². The first-order valence-corrected chi connectivity index (χ1v) is 7.47. The molecule has 0 unspecified atom stereocenters. The summed E-state index contributed by atoms with van der Waals surface area (Å²) < 4.78 is 5.78. The largest absolute Gasteiger partial charge is 0.457 e. The maximum absolute atomic E-state index is 9.42. The van der Waals surface area contributed by atoms with Gasteiger partial charge in [0.25, 0.3) is 0 Å². The quantitative estimate of drug-likeness (QED) is 0.651. The fourth-order valence-corrected chi connectivity index (χ4v) is 2.45. The zero-order valence-electron chi connectivity index (χ0n) is 13.1. The standard InChI is InChI=1S/C21H11N3O/c22-12-15-4-3-6-16(10-15)18(14-24)11-19-8-9-21(25-19)20-7-2-1-5-17(20)13-23/h1-11H. The predicted octanol–water partition coefficient (Wildman–Crippen LogP) is 4.75.